The summed E-state index contributed by atoms with van der Waals surface area (Å²) in [6.45, 7) is -0.399. The van der Waals surface area contributed by atoms with E-state index in [2.05, 4.69) is 10.2 Å². The highest BCUT2D eigenvalue weighted by atomic mass is 35.5. The second-order valence-corrected chi connectivity index (χ2v) is 1.54. The number of nitrogens with zero attached hydrogens (tertiary/aromatic N) is 2. The number of aliphatic hydroxyl groups is 2. The lowest BCUT2D eigenvalue weighted by atomic mass is 10.4. The molecule has 1 unspecified atom stereocenters. The van der Waals surface area contributed by atoms with Crippen molar-refractivity contribution in [1.82, 2.24) is 0 Å². The van der Waals surface area contributed by atoms with Gasteiger partial charge in [0.05, 0.1) is 12.8 Å². The van der Waals surface area contributed by atoms with Crippen molar-refractivity contribution in [2.45, 2.75) is 6.10 Å². The normalized spacial score (nSPS) is 12.2. The smallest absolute Gasteiger partial charge is 0.211 e. The zero-order chi connectivity index (χ0) is 7.98. The van der Waals surface area contributed by atoms with Crippen molar-refractivity contribution in [3.8, 4) is 0 Å². The minimum atomic E-state index is -1.01. The van der Waals surface area contributed by atoms with Gasteiger partial charge in [-0.05, 0) is 0 Å². The molecule has 0 rings (SSSR count). The standard InChI is InChI=1S/C4H10N4O2.ClH/c5-4(6)8-7-1-3(10)2-9;/h1,3,9-10H,2H2,(H4,5,6,8);1H/b7-1+;. The minimum Gasteiger partial charge on any atom is -0.393 e. The molecule has 0 radical (unpaired) electrons. The Morgan fingerprint density at radius 2 is 2.09 bits per heavy atom. The Hall–Kier alpha value is -0.850. The molecular weight excluding hydrogens is 172 g/mol. The van der Waals surface area contributed by atoms with E-state index in [0.29, 0.717) is 0 Å². The van der Waals surface area contributed by atoms with Crippen LogP contribution in [0.4, 0.5) is 0 Å². The second-order valence-electron chi connectivity index (χ2n) is 1.54. The van der Waals surface area contributed by atoms with Crippen molar-refractivity contribution in [2.75, 3.05) is 6.61 Å². The van der Waals surface area contributed by atoms with Gasteiger partial charge in [0.1, 0.15) is 6.10 Å². The Balaban J connectivity index is 0. The predicted molar refractivity (Wildman–Crippen MR) is 44.6 cm³/mol. The third-order valence-corrected chi connectivity index (χ3v) is 0.599. The molecule has 0 heterocycles. The fraction of sp³-hybridized carbons (Fsp3) is 0.500. The van der Waals surface area contributed by atoms with Crippen LogP contribution in [0.25, 0.3) is 0 Å². The molecule has 0 bridgehead atoms. The van der Waals surface area contributed by atoms with E-state index in [0.717, 1.165) is 6.21 Å². The lowest BCUT2D eigenvalue weighted by Crippen LogP contribution is -2.22. The molecule has 0 aliphatic rings. The first-order chi connectivity index (χ1) is 4.66. The van der Waals surface area contributed by atoms with Gasteiger partial charge in [-0.2, -0.15) is 5.10 Å². The molecule has 11 heavy (non-hydrogen) atoms. The summed E-state index contributed by atoms with van der Waals surface area (Å²) in [7, 11) is 0. The molecule has 0 aliphatic carbocycles. The van der Waals surface area contributed by atoms with Crippen LogP contribution in [-0.2, 0) is 0 Å². The van der Waals surface area contributed by atoms with Crippen molar-refractivity contribution in [2.24, 2.45) is 21.7 Å². The van der Waals surface area contributed by atoms with Crippen molar-refractivity contribution in [3.05, 3.63) is 0 Å². The Bertz CT molecular complexity index is 145. The van der Waals surface area contributed by atoms with E-state index in [1.807, 2.05) is 0 Å². The average molecular weight is 183 g/mol. The fourth-order valence-corrected chi connectivity index (χ4v) is 0.224. The Morgan fingerprint density at radius 1 is 1.55 bits per heavy atom. The van der Waals surface area contributed by atoms with Gasteiger partial charge in [0.2, 0.25) is 5.96 Å². The lowest BCUT2D eigenvalue weighted by molar-refractivity contribution is 0.148. The van der Waals surface area contributed by atoms with Crippen molar-refractivity contribution in [1.29, 1.82) is 0 Å². The van der Waals surface area contributed by atoms with E-state index in [1.165, 1.54) is 0 Å². The zero-order valence-corrected chi connectivity index (χ0v) is 6.53. The van der Waals surface area contributed by atoms with Crippen LogP contribution >= 0.6 is 12.4 Å². The fourth-order valence-electron chi connectivity index (χ4n) is 0.224. The van der Waals surface area contributed by atoms with E-state index >= 15 is 0 Å². The van der Waals surface area contributed by atoms with E-state index < -0.39 is 12.7 Å². The van der Waals surface area contributed by atoms with Crippen LogP contribution < -0.4 is 11.5 Å². The first kappa shape index (κ1) is 12.8. The molecule has 0 spiro atoms. The van der Waals surface area contributed by atoms with Gasteiger partial charge in [-0.3, -0.25) is 0 Å². The molecular formula is C4H11ClN4O2. The highest BCUT2D eigenvalue weighted by molar-refractivity contribution is 5.85. The maximum absolute atomic E-state index is 8.62. The van der Waals surface area contributed by atoms with E-state index in [1.54, 1.807) is 0 Å². The zero-order valence-electron chi connectivity index (χ0n) is 5.71. The lowest BCUT2D eigenvalue weighted by Gasteiger charge is -1.94. The van der Waals surface area contributed by atoms with Crippen LogP contribution in [0, 0.1) is 0 Å². The van der Waals surface area contributed by atoms with E-state index in [-0.39, 0.29) is 18.4 Å². The molecule has 0 saturated heterocycles. The number of hydrogen-bond donors (Lipinski definition) is 4. The van der Waals surface area contributed by atoms with Crippen LogP contribution in [0.1, 0.15) is 0 Å². The predicted octanol–water partition coefficient (Wildman–Crippen LogP) is -1.98. The molecule has 0 fully saturated rings. The minimum absolute atomic E-state index is 0. The van der Waals surface area contributed by atoms with Crippen molar-refractivity contribution < 1.29 is 10.2 Å². The molecule has 0 aliphatic heterocycles. The summed E-state index contributed by atoms with van der Waals surface area (Å²) in [5, 5.41) is 23.3. The summed E-state index contributed by atoms with van der Waals surface area (Å²) in [5.74, 6) is -0.193. The van der Waals surface area contributed by atoms with E-state index in [4.69, 9.17) is 21.7 Å². The molecule has 0 aromatic heterocycles. The van der Waals surface area contributed by atoms with Crippen molar-refractivity contribution >= 4 is 24.6 Å². The summed E-state index contributed by atoms with van der Waals surface area (Å²) in [4.78, 5) is 0. The molecule has 0 amide bonds. The molecule has 1 atom stereocenters. The van der Waals surface area contributed by atoms with Gasteiger partial charge in [0.25, 0.3) is 0 Å². The molecule has 6 nitrogen and oxygen atoms in total. The average Bonchev–Trinajstić information content (AvgIpc) is 1.87. The third kappa shape index (κ3) is 9.15. The highest BCUT2D eigenvalue weighted by Crippen LogP contribution is 1.75. The molecule has 0 aromatic carbocycles. The number of aliphatic hydroxyl groups excluding tert-OH is 2. The number of rotatable bonds is 3. The number of nitrogens with two attached hydrogens (primary N) is 2. The molecule has 6 N–H and O–H groups in total. The molecule has 7 heteroatoms. The summed E-state index contributed by atoms with van der Waals surface area (Å²) < 4.78 is 0. The Kier molecular flexibility index (Phi) is 8.44. The van der Waals surface area contributed by atoms with Crippen molar-refractivity contribution in [3.63, 3.8) is 0 Å². The SMILES string of the molecule is Cl.NC(N)=N/N=C/C(O)CO. The summed E-state index contributed by atoms with van der Waals surface area (Å²) in [6.07, 6.45) is 0.0165. The number of guanidine groups is 1. The van der Waals surface area contributed by atoms with Gasteiger partial charge in [-0.25, -0.2) is 0 Å². The van der Waals surface area contributed by atoms with Crippen LogP contribution in [0.3, 0.4) is 0 Å². The first-order valence-corrected chi connectivity index (χ1v) is 2.58. The van der Waals surface area contributed by atoms with Gasteiger partial charge < -0.3 is 21.7 Å². The van der Waals surface area contributed by atoms with Crippen LogP contribution in [0.5, 0.6) is 0 Å². The quantitative estimate of drug-likeness (QED) is 0.230. The van der Waals surface area contributed by atoms with Gasteiger partial charge in [0, 0.05) is 0 Å². The van der Waals surface area contributed by atoms with E-state index in [9.17, 15) is 0 Å². The Morgan fingerprint density at radius 3 is 2.45 bits per heavy atom. The monoisotopic (exact) mass is 182 g/mol. The molecule has 0 aromatic rings. The molecule has 66 valence electrons. The highest BCUT2D eigenvalue weighted by Gasteiger charge is 1.92. The maximum Gasteiger partial charge on any atom is 0.211 e. The third-order valence-electron chi connectivity index (χ3n) is 0.599. The summed E-state index contributed by atoms with van der Waals surface area (Å²) in [5.41, 5.74) is 9.78. The van der Waals surface area contributed by atoms with Gasteiger partial charge in [-0.15, -0.1) is 17.5 Å². The number of hydrogen-bond acceptors (Lipinski definition) is 4. The molecule has 0 saturated carbocycles. The van der Waals surface area contributed by atoms with Gasteiger partial charge in [-0.1, -0.05) is 0 Å². The van der Waals surface area contributed by atoms with Crippen LogP contribution in [0.15, 0.2) is 10.2 Å². The largest absolute Gasteiger partial charge is 0.393 e. The van der Waals surface area contributed by atoms with Crippen LogP contribution in [0.2, 0.25) is 0 Å². The summed E-state index contributed by atoms with van der Waals surface area (Å²) >= 11 is 0. The second kappa shape index (κ2) is 7.26. The topological polar surface area (TPSA) is 117 Å². The Labute approximate surface area is 70.0 Å². The first-order valence-electron chi connectivity index (χ1n) is 2.58. The van der Waals surface area contributed by atoms with Crippen LogP contribution in [-0.4, -0.2) is 35.1 Å². The van der Waals surface area contributed by atoms with Gasteiger partial charge >= 0.3 is 0 Å². The van der Waals surface area contributed by atoms with Gasteiger partial charge in [0.15, 0.2) is 0 Å². The number of halogens is 1. The maximum atomic E-state index is 8.62. The summed E-state index contributed by atoms with van der Waals surface area (Å²) in [6, 6.07) is 0.